The average Bonchev–Trinajstić information content (AvgIpc) is 2.15. The van der Waals surface area contributed by atoms with E-state index in [4.69, 9.17) is 5.73 Å². The molecular weight excluding hydrogens is 182 g/mol. The molecule has 1 aromatic rings. The molecule has 0 saturated heterocycles. The summed E-state index contributed by atoms with van der Waals surface area (Å²) in [5.74, 6) is 0. The maximum absolute atomic E-state index is 5.36. The minimum absolute atomic E-state index is 0.488. The molecule has 1 aromatic heterocycles. The molecule has 0 bridgehead atoms. The summed E-state index contributed by atoms with van der Waals surface area (Å²) in [5, 5.41) is 0. The van der Waals surface area contributed by atoms with Crippen molar-refractivity contribution < 1.29 is 0 Å². The Labute approximate surface area is 62.0 Å². The lowest BCUT2D eigenvalue weighted by atomic mass is 10.5. The van der Waals surface area contributed by atoms with Gasteiger partial charge in [0.25, 0.3) is 0 Å². The number of hydrogen-bond acceptors (Lipinski definition) is 2. The first-order valence-electron chi connectivity index (χ1n) is 2.61. The van der Waals surface area contributed by atoms with Crippen LogP contribution in [0.1, 0.15) is 5.69 Å². The molecule has 1 heterocycles. The van der Waals surface area contributed by atoms with E-state index in [1.807, 2.05) is 11.6 Å². The van der Waals surface area contributed by atoms with E-state index in [2.05, 4.69) is 20.9 Å². The smallest absolute Gasteiger partial charge is 0.109 e. The number of hydrogen-bond donors (Lipinski definition) is 1. The number of nitrogens with zero attached hydrogens (tertiary/aromatic N) is 2. The molecule has 0 spiro atoms. The number of aromatic nitrogens is 2. The van der Waals surface area contributed by atoms with Crippen LogP contribution in [-0.2, 0) is 13.6 Å². The third kappa shape index (κ3) is 1.14. The quantitative estimate of drug-likeness (QED) is 0.706. The van der Waals surface area contributed by atoms with Crippen molar-refractivity contribution in [3.8, 4) is 0 Å². The molecule has 0 aliphatic rings. The molecule has 1 rings (SSSR count). The van der Waals surface area contributed by atoms with E-state index in [-0.39, 0.29) is 0 Å². The van der Waals surface area contributed by atoms with Gasteiger partial charge >= 0.3 is 0 Å². The zero-order chi connectivity index (χ0) is 6.85. The van der Waals surface area contributed by atoms with Crippen molar-refractivity contribution in [3.63, 3.8) is 0 Å². The third-order valence-electron chi connectivity index (χ3n) is 1.13. The zero-order valence-corrected chi connectivity index (χ0v) is 6.72. The van der Waals surface area contributed by atoms with Gasteiger partial charge in [-0.15, -0.1) is 0 Å². The fourth-order valence-electron chi connectivity index (χ4n) is 0.601. The van der Waals surface area contributed by atoms with Gasteiger partial charge in [0.2, 0.25) is 0 Å². The van der Waals surface area contributed by atoms with Gasteiger partial charge in [-0.2, -0.15) is 0 Å². The Morgan fingerprint density at radius 2 is 2.56 bits per heavy atom. The normalized spacial score (nSPS) is 10.1. The second kappa shape index (κ2) is 2.49. The molecule has 0 radical (unpaired) electrons. The Balaban J connectivity index is 3.04. The fraction of sp³-hybridized carbons (Fsp3) is 0.400. The summed E-state index contributed by atoms with van der Waals surface area (Å²) in [4.78, 5) is 4.02. The number of nitrogens with two attached hydrogens (primary N) is 1. The van der Waals surface area contributed by atoms with Crippen LogP contribution < -0.4 is 5.73 Å². The summed E-state index contributed by atoms with van der Waals surface area (Å²) >= 11 is 3.33. The number of aryl methyl sites for hydroxylation is 1. The van der Waals surface area contributed by atoms with Gasteiger partial charge in [-0.3, -0.25) is 0 Å². The molecule has 0 fully saturated rings. The summed E-state index contributed by atoms with van der Waals surface area (Å²) in [7, 11) is 1.91. The number of halogens is 1. The van der Waals surface area contributed by atoms with Crippen LogP contribution in [0.2, 0.25) is 0 Å². The van der Waals surface area contributed by atoms with Gasteiger partial charge < -0.3 is 10.3 Å². The highest BCUT2D eigenvalue weighted by Crippen LogP contribution is 2.12. The minimum Gasteiger partial charge on any atom is -0.328 e. The first kappa shape index (κ1) is 6.77. The van der Waals surface area contributed by atoms with Crippen molar-refractivity contribution in [1.82, 2.24) is 9.55 Å². The highest BCUT2D eigenvalue weighted by Gasteiger charge is 2.00. The highest BCUT2D eigenvalue weighted by molar-refractivity contribution is 9.10. The largest absolute Gasteiger partial charge is 0.328 e. The Morgan fingerprint density at radius 1 is 1.89 bits per heavy atom. The van der Waals surface area contributed by atoms with Crippen molar-refractivity contribution in [2.75, 3.05) is 0 Å². The van der Waals surface area contributed by atoms with E-state index in [0.717, 1.165) is 10.3 Å². The Bertz CT molecular complexity index is 206. The maximum Gasteiger partial charge on any atom is 0.109 e. The standard InChI is InChI=1S/C5H8BrN3/c1-9-3-8-4(2-7)5(9)6/h3H,2,7H2,1H3. The average molecular weight is 190 g/mol. The molecule has 0 aliphatic heterocycles. The van der Waals surface area contributed by atoms with Crippen molar-refractivity contribution in [2.24, 2.45) is 12.8 Å². The summed E-state index contributed by atoms with van der Waals surface area (Å²) in [6, 6.07) is 0. The Kier molecular flexibility index (Phi) is 1.87. The van der Waals surface area contributed by atoms with E-state index in [1.165, 1.54) is 0 Å². The highest BCUT2D eigenvalue weighted by atomic mass is 79.9. The second-order valence-electron chi connectivity index (χ2n) is 1.80. The molecule has 0 saturated carbocycles. The fourth-order valence-corrected chi connectivity index (χ4v) is 0.957. The van der Waals surface area contributed by atoms with Crippen molar-refractivity contribution in [2.45, 2.75) is 6.54 Å². The number of rotatable bonds is 1. The van der Waals surface area contributed by atoms with Gasteiger partial charge in [0.05, 0.1) is 12.0 Å². The number of imidazole rings is 1. The van der Waals surface area contributed by atoms with E-state index < -0.39 is 0 Å². The first-order chi connectivity index (χ1) is 4.25. The Morgan fingerprint density at radius 3 is 2.78 bits per heavy atom. The lowest BCUT2D eigenvalue weighted by Crippen LogP contribution is -1.97. The lowest BCUT2D eigenvalue weighted by molar-refractivity contribution is 0.884. The predicted octanol–water partition coefficient (Wildman–Crippen LogP) is 0.641. The van der Waals surface area contributed by atoms with E-state index in [1.54, 1.807) is 6.33 Å². The van der Waals surface area contributed by atoms with Crippen LogP contribution >= 0.6 is 15.9 Å². The summed E-state index contributed by atoms with van der Waals surface area (Å²) in [6.07, 6.45) is 1.73. The summed E-state index contributed by atoms with van der Waals surface area (Å²) in [6.45, 7) is 0.488. The molecule has 3 nitrogen and oxygen atoms in total. The maximum atomic E-state index is 5.36. The lowest BCUT2D eigenvalue weighted by Gasteiger charge is -1.91. The molecule has 0 amide bonds. The zero-order valence-electron chi connectivity index (χ0n) is 5.13. The summed E-state index contributed by atoms with van der Waals surface area (Å²) in [5.41, 5.74) is 6.26. The van der Waals surface area contributed by atoms with Gasteiger partial charge in [0.15, 0.2) is 0 Å². The molecule has 4 heteroatoms. The molecule has 0 aromatic carbocycles. The molecule has 50 valence electrons. The SMILES string of the molecule is Cn1cnc(CN)c1Br. The Hall–Kier alpha value is -0.350. The summed E-state index contributed by atoms with van der Waals surface area (Å²) < 4.78 is 2.84. The van der Waals surface area contributed by atoms with Gasteiger partial charge in [0.1, 0.15) is 4.60 Å². The van der Waals surface area contributed by atoms with Gasteiger partial charge in [-0.1, -0.05) is 0 Å². The van der Waals surface area contributed by atoms with Crippen LogP contribution in [0, 0.1) is 0 Å². The monoisotopic (exact) mass is 189 g/mol. The van der Waals surface area contributed by atoms with Crippen LogP contribution in [0.4, 0.5) is 0 Å². The molecule has 0 unspecified atom stereocenters. The topological polar surface area (TPSA) is 43.8 Å². The molecule has 2 N–H and O–H groups in total. The third-order valence-corrected chi connectivity index (χ3v) is 2.14. The van der Waals surface area contributed by atoms with Crippen LogP contribution in [0.15, 0.2) is 10.9 Å². The molecule has 0 atom stereocenters. The van der Waals surface area contributed by atoms with Gasteiger partial charge in [0, 0.05) is 13.6 Å². The second-order valence-corrected chi connectivity index (χ2v) is 2.55. The van der Waals surface area contributed by atoms with Crippen molar-refractivity contribution in [3.05, 3.63) is 16.6 Å². The van der Waals surface area contributed by atoms with Gasteiger partial charge in [-0.25, -0.2) is 4.98 Å². The van der Waals surface area contributed by atoms with Crippen LogP contribution in [0.3, 0.4) is 0 Å². The van der Waals surface area contributed by atoms with E-state index in [9.17, 15) is 0 Å². The van der Waals surface area contributed by atoms with Crippen LogP contribution in [0.5, 0.6) is 0 Å². The van der Waals surface area contributed by atoms with Gasteiger partial charge in [-0.05, 0) is 15.9 Å². The molecule has 0 aliphatic carbocycles. The van der Waals surface area contributed by atoms with Crippen molar-refractivity contribution in [1.29, 1.82) is 0 Å². The van der Waals surface area contributed by atoms with E-state index >= 15 is 0 Å². The van der Waals surface area contributed by atoms with Crippen molar-refractivity contribution >= 4 is 15.9 Å². The minimum atomic E-state index is 0.488. The molecular formula is C5H8BrN3. The predicted molar refractivity (Wildman–Crippen MR) is 38.8 cm³/mol. The molecule has 9 heavy (non-hydrogen) atoms. The van der Waals surface area contributed by atoms with E-state index in [0.29, 0.717) is 6.54 Å². The first-order valence-corrected chi connectivity index (χ1v) is 3.40. The van der Waals surface area contributed by atoms with Crippen LogP contribution in [-0.4, -0.2) is 9.55 Å². The van der Waals surface area contributed by atoms with Crippen LogP contribution in [0.25, 0.3) is 0 Å².